The third kappa shape index (κ3) is 4.05. The summed E-state index contributed by atoms with van der Waals surface area (Å²) in [7, 11) is 1.65. The molecule has 31 heavy (non-hydrogen) atoms. The van der Waals surface area contributed by atoms with Gasteiger partial charge >= 0.3 is 5.69 Å². The SMILES string of the molecule is CCCCN(CC)Cc1nc2c(c(=O)[nH]c(=O)n2C)n1Cc1cccc2ccccc12. The molecule has 1 N–H and O–H groups in total. The van der Waals surface area contributed by atoms with Crippen LogP contribution in [0.25, 0.3) is 21.9 Å². The van der Waals surface area contributed by atoms with Gasteiger partial charge in [0.1, 0.15) is 5.82 Å². The van der Waals surface area contributed by atoms with Crippen molar-refractivity contribution in [1.82, 2.24) is 24.0 Å². The van der Waals surface area contributed by atoms with E-state index in [1.54, 1.807) is 7.05 Å². The fourth-order valence-corrected chi connectivity index (χ4v) is 4.10. The number of hydrogen-bond acceptors (Lipinski definition) is 4. The summed E-state index contributed by atoms with van der Waals surface area (Å²) in [6.45, 7) is 7.32. The van der Waals surface area contributed by atoms with Gasteiger partial charge in [0.15, 0.2) is 11.2 Å². The highest BCUT2D eigenvalue weighted by atomic mass is 16.2. The minimum atomic E-state index is -0.447. The van der Waals surface area contributed by atoms with Gasteiger partial charge < -0.3 is 4.57 Å². The van der Waals surface area contributed by atoms with E-state index in [1.165, 1.54) is 4.57 Å². The lowest BCUT2D eigenvalue weighted by Crippen LogP contribution is -2.29. The average Bonchev–Trinajstić information content (AvgIpc) is 3.13. The number of nitrogens with one attached hydrogen (secondary N) is 1. The molecule has 0 saturated heterocycles. The molecule has 162 valence electrons. The highest BCUT2D eigenvalue weighted by Crippen LogP contribution is 2.22. The smallest absolute Gasteiger partial charge is 0.317 e. The van der Waals surface area contributed by atoms with Gasteiger partial charge in [-0.1, -0.05) is 62.7 Å². The summed E-state index contributed by atoms with van der Waals surface area (Å²) in [6.07, 6.45) is 2.23. The fourth-order valence-electron chi connectivity index (χ4n) is 4.10. The molecule has 0 spiro atoms. The van der Waals surface area contributed by atoms with Gasteiger partial charge in [0, 0.05) is 7.05 Å². The van der Waals surface area contributed by atoms with Crippen LogP contribution in [-0.4, -0.2) is 37.1 Å². The van der Waals surface area contributed by atoms with Crippen molar-refractivity contribution in [2.45, 2.75) is 39.8 Å². The quantitative estimate of drug-likeness (QED) is 0.476. The zero-order chi connectivity index (χ0) is 22.0. The highest BCUT2D eigenvalue weighted by molar-refractivity contribution is 5.85. The minimum absolute atomic E-state index is 0.395. The monoisotopic (exact) mass is 419 g/mol. The molecule has 0 bridgehead atoms. The maximum atomic E-state index is 12.8. The number of H-pyrrole nitrogens is 1. The first-order chi connectivity index (χ1) is 15.0. The largest absolute Gasteiger partial charge is 0.329 e. The van der Waals surface area contributed by atoms with E-state index in [-0.39, 0.29) is 0 Å². The van der Waals surface area contributed by atoms with Crippen LogP contribution in [0.5, 0.6) is 0 Å². The summed E-state index contributed by atoms with van der Waals surface area (Å²) in [5.74, 6) is 0.799. The molecule has 2 aromatic carbocycles. The van der Waals surface area contributed by atoms with Crippen molar-refractivity contribution in [1.29, 1.82) is 0 Å². The molecule has 0 aliphatic heterocycles. The predicted molar refractivity (Wildman–Crippen MR) is 125 cm³/mol. The summed E-state index contributed by atoms with van der Waals surface area (Å²) in [4.78, 5) is 34.5. The lowest BCUT2D eigenvalue weighted by atomic mass is 10.0. The first-order valence-electron chi connectivity index (χ1n) is 10.9. The number of unbranched alkanes of at least 4 members (excludes halogenated alkanes) is 1. The zero-order valence-corrected chi connectivity index (χ0v) is 18.4. The van der Waals surface area contributed by atoms with Crippen LogP contribution in [0.2, 0.25) is 0 Å². The number of rotatable bonds is 8. The van der Waals surface area contributed by atoms with E-state index in [1.807, 2.05) is 22.8 Å². The number of aryl methyl sites for hydroxylation is 1. The Balaban J connectivity index is 1.88. The van der Waals surface area contributed by atoms with E-state index < -0.39 is 11.2 Å². The summed E-state index contributed by atoms with van der Waals surface area (Å²) in [5, 5.41) is 2.31. The van der Waals surface area contributed by atoms with Crippen molar-refractivity contribution >= 4 is 21.9 Å². The normalized spacial score (nSPS) is 11.7. The Labute approximate surface area is 181 Å². The number of nitrogens with zero attached hydrogens (tertiary/aromatic N) is 4. The summed E-state index contributed by atoms with van der Waals surface area (Å²) >= 11 is 0. The predicted octanol–water partition coefficient (Wildman–Crippen LogP) is 3.25. The first-order valence-corrected chi connectivity index (χ1v) is 10.9. The molecule has 0 radical (unpaired) electrons. The third-order valence-electron chi connectivity index (χ3n) is 5.93. The van der Waals surface area contributed by atoms with E-state index >= 15 is 0 Å². The molecule has 0 amide bonds. The van der Waals surface area contributed by atoms with Crippen molar-refractivity contribution in [3.8, 4) is 0 Å². The van der Waals surface area contributed by atoms with Crippen LogP contribution in [0.1, 0.15) is 38.1 Å². The van der Waals surface area contributed by atoms with E-state index in [9.17, 15) is 9.59 Å². The van der Waals surface area contributed by atoms with Crippen LogP contribution < -0.4 is 11.2 Å². The second-order valence-electron chi connectivity index (χ2n) is 7.97. The van der Waals surface area contributed by atoms with Gasteiger partial charge in [-0.2, -0.15) is 0 Å². The Bertz CT molecular complexity index is 1330. The van der Waals surface area contributed by atoms with Crippen LogP contribution >= 0.6 is 0 Å². The van der Waals surface area contributed by atoms with Crippen LogP contribution in [0.3, 0.4) is 0 Å². The molecule has 0 aliphatic rings. The Morgan fingerprint density at radius 1 is 1.06 bits per heavy atom. The van der Waals surface area contributed by atoms with Crippen molar-refractivity contribution < 1.29 is 0 Å². The zero-order valence-electron chi connectivity index (χ0n) is 18.4. The van der Waals surface area contributed by atoms with Crippen LogP contribution in [0.15, 0.2) is 52.1 Å². The number of fused-ring (bicyclic) bond motifs is 2. The number of aromatic nitrogens is 4. The molecule has 4 rings (SSSR count). The fraction of sp³-hybridized carbons (Fsp3) is 0.375. The molecular weight excluding hydrogens is 390 g/mol. The molecule has 2 heterocycles. The number of hydrogen-bond donors (Lipinski definition) is 1. The maximum Gasteiger partial charge on any atom is 0.329 e. The van der Waals surface area contributed by atoms with Crippen molar-refractivity contribution in [2.24, 2.45) is 7.05 Å². The summed E-state index contributed by atoms with van der Waals surface area (Å²) in [5.41, 5.74) is 1.14. The van der Waals surface area contributed by atoms with Crippen molar-refractivity contribution in [3.63, 3.8) is 0 Å². The third-order valence-corrected chi connectivity index (χ3v) is 5.93. The standard InChI is InChI=1S/C24H29N5O2/c1-4-6-14-28(5-2)16-20-25-22-21(23(30)26-24(31)27(22)3)29(20)15-18-12-9-11-17-10-7-8-13-19(17)18/h7-13H,4-6,14-16H2,1-3H3,(H,26,30,31). The van der Waals surface area contributed by atoms with Gasteiger partial charge in [-0.3, -0.25) is 19.2 Å². The van der Waals surface area contributed by atoms with E-state index in [2.05, 4.69) is 48.0 Å². The van der Waals surface area contributed by atoms with Crippen LogP contribution in [0.4, 0.5) is 0 Å². The molecule has 0 aliphatic carbocycles. The molecule has 7 nitrogen and oxygen atoms in total. The van der Waals surface area contributed by atoms with Gasteiger partial charge in [0.25, 0.3) is 5.56 Å². The van der Waals surface area contributed by atoms with E-state index in [0.717, 1.165) is 48.1 Å². The molecule has 0 fully saturated rings. The Kier molecular flexibility index (Phi) is 6.04. The van der Waals surface area contributed by atoms with E-state index in [0.29, 0.717) is 24.3 Å². The molecule has 0 atom stereocenters. The summed E-state index contributed by atoms with van der Waals surface area (Å²) in [6, 6.07) is 14.5. The number of imidazole rings is 1. The Hall–Kier alpha value is -3.19. The topological polar surface area (TPSA) is 75.9 Å². The molecular formula is C24H29N5O2. The van der Waals surface area contributed by atoms with Crippen LogP contribution in [0, 0.1) is 0 Å². The second kappa shape index (κ2) is 8.89. The van der Waals surface area contributed by atoms with Gasteiger partial charge in [-0.25, -0.2) is 9.78 Å². The number of aromatic amines is 1. The van der Waals surface area contributed by atoms with Crippen molar-refractivity contribution in [3.05, 3.63) is 74.7 Å². The average molecular weight is 420 g/mol. The first kappa shape index (κ1) is 21.1. The van der Waals surface area contributed by atoms with Gasteiger partial charge in [-0.05, 0) is 35.8 Å². The molecule has 0 unspecified atom stereocenters. The second-order valence-corrected chi connectivity index (χ2v) is 7.97. The van der Waals surface area contributed by atoms with Crippen LogP contribution in [-0.2, 0) is 20.1 Å². The lowest BCUT2D eigenvalue weighted by molar-refractivity contribution is 0.265. The van der Waals surface area contributed by atoms with Crippen molar-refractivity contribution in [2.75, 3.05) is 13.1 Å². The molecule has 2 aromatic heterocycles. The lowest BCUT2D eigenvalue weighted by Gasteiger charge is -2.20. The number of benzene rings is 2. The highest BCUT2D eigenvalue weighted by Gasteiger charge is 2.19. The molecule has 4 aromatic rings. The maximum absolute atomic E-state index is 12.8. The Morgan fingerprint density at radius 3 is 2.61 bits per heavy atom. The minimum Gasteiger partial charge on any atom is -0.317 e. The van der Waals surface area contributed by atoms with Gasteiger partial charge in [-0.15, -0.1) is 0 Å². The molecule has 7 heteroatoms. The van der Waals surface area contributed by atoms with Gasteiger partial charge in [0.05, 0.1) is 13.1 Å². The molecule has 0 saturated carbocycles. The van der Waals surface area contributed by atoms with E-state index in [4.69, 9.17) is 4.98 Å². The van der Waals surface area contributed by atoms with Gasteiger partial charge in [0.2, 0.25) is 0 Å². The summed E-state index contributed by atoms with van der Waals surface area (Å²) < 4.78 is 3.39. The Morgan fingerprint density at radius 2 is 1.84 bits per heavy atom.